The first-order chi connectivity index (χ1) is 17.0. The smallest absolute Gasteiger partial charge is 0.336 e. The van der Waals surface area contributed by atoms with Crippen LogP contribution in [0.2, 0.25) is 5.02 Å². The summed E-state index contributed by atoms with van der Waals surface area (Å²) in [6.45, 7) is 2.63. The summed E-state index contributed by atoms with van der Waals surface area (Å²) in [6.07, 6.45) is 3.85. The summed E-state index contributed by atoms with van der Waals surface area (Å²) >= 11 is 5.88. The molecule has 1 unspecified atom stereocenters. The van der Waals surface area contributed by atoms with E-state index in [9.17, 15) is 10.1 Å². The molecule has 2 N–H and O–H groups in total. The number of nitriles is 1. The topological polar surface area (TPSA) is 94.6 Å². The second-order valence-corrected chi connectivity index (χ2v) is 8.29. The fourth-order valence-electron chi connectivity index (χ4n) is 3.73. The van der Waals surface area contributed by atoms with E-state index >= 15 is 0 Å². The van der Waals surface area contributed by atoms with Gasteiger partial charge in [0, 0.05) is 22.7 Å². The molecule has 0 radical (unpaired) electrons. The fraction of sp³-hybridized carbons (Fsp3) is 0.143. The number of nitrogens with two attached hydrogens (primary N) is 1. The van der Waals surface area contributed by atoms with E-state index in [1.165, 1.54) is 6.08 Å². The molecule has 0 aromatic heterocycles. The average Bonchev–Trinajstić information content (AvgIpc) is 2.86. The molecule has 3 aromatic carbocycles. The van der Waals surface area contributed by atoms with Gasteiger partial charge in [0.15, 0.2) is 0 Å². The minimum absolute atomic E-state index is 0.0102. The molecule has 0 saturated heterocycles. The van der Waals surface area contributed by atoms with Crippen LogP contribution in [0.4, 0.5) is 0 Å². The lowest BCUT2D eigenvalue weighted by Crippen LogP contribution is -2.21. The van der Waals surface area contributed by atoms with Crippen LogP contribution < -0.4 is 19.9 Å². The van der Waals surface area contributed by atoms with Crippen molar-refractivity contribution in [2.45, 2.75) is 19.3 Å². The summed E-state index contributed by atoms with van der Waals surface area (Å²) in [7, 11) is 0. The fourth-order valence-corrected chi connectivity index (χ4v) is 3.86. The zero-order chi connectivity index (χ0) is 24.8. The summed E-state index contributed by atoms with van der Waals surface area (Å²) in [5.41, 5.74) is 8.80. The second kappa shape index (κ2) is 10.8. The lowest BCUT2D eigenvalue weighted by molar-refractivity contribution is -0.128. The number of benzene rings is 3. The number of nitrogens with zero attached hydrogens (tertiary/aromatic N) is 1. The summed E-state index contributed by atoms with van der Waals surface area (Å²) in [6, 6.07) is 21.8. The summed E-state index contributed by atoms with van der Waals surface area (Å²) in [5, 5.41) is 10.4. The molecule has 0 bridgehead atoms. The molecular formula is C28H23ClN2O4. The quantitative estimate of drug-likeness (QED) is 0.251. The van der Waals surface area contributed by atoms with Crippen molar-refractivity contribution in [2.75, 3.05) is 6.61 Å². The largest absolute Gasteiger partial charge is 0.494 e. The Kier molecular flexibility index (Phi) is 7.39. The van der Waals surface area contributed by atoms with Gasteiger partial charge in [-0.3, -0.25) is 0 Å². The molecule has 0 saturated carbocycles. The standard InChI is InChI=1S/C28H23ClN2O4/c1-2-14-33-21-5-3-4-19(15-21)27-23-12-11-22(16-25(23)35-28(31)24(27)17-30)34-26(32)13-8-18-6-9-20(29)10-7-18/h3-13,15-16,27H,2,14,31H2,1H3/b13-8+. The molecule has 0 fully saturated rings. The van der Waals surface area contributed by atoms with Gasteiger partial charge in [-0.25, -0.2) is 4.79 Å². The number of carbonyl (C=O) groups is 1. The van der Waals surface area contributed by atoms with Gasteiger partial charge in [-0.2, -0.15) is 5.26 Å². The number of ether oxygens (including phenoxy) is 3. The van der Waals surface area contributed by atoms with Gasteiger partial charge < -0.3 is 19.9 Å². The number of rotatable bonds is 7. The highest BCUT2D eigenvalue weighted by Gasteiger charge is 2.31. The Morgan fingerprint density at radius 3 is 2.69 bits per heavy atom. The molecule has 4 rings (SSSR count). The van der Waals surface area contributed by atoms with E-state index in [-0.39, 0.29) is 5.88 Å². The minimum atomic E-state index is -0.547. The molecule has 35 heavy (non-hydrogen) atoms. The second-order valence-electron chi connectivity index (χ2n) is 7.85. The highest BCUT2D eigenvalue weighted by Crippen LogP contribution is 2.44. The molecule has 176 valence electrons. The third-order valence-electron chi connectivity index (χ3n) is 5.36. The molecule has 0 aliphatic carbocycles. The van der Waals surface area contributed by atoms with Gasteiger partial charge in [0.05, 0.1) is 12.5 Å². The number of fused-ring (bicyclic) bond motifs is 1. The van der Waals surface area contributed by atoms with E-state index in [4.69, 9.17) is 31.5 Å². The van der Waals surface area contributed by atoms with Crippen LogP contribution in [0, 0.1) is 11.3 Å². The van der Waals surface area contributed by atoms with Gasteiger partial charge in [0.1, 0.15) is 28.9 Å². The van der Waals surface area contributed by atoms with Crippen molar-refractivity contribution in [1.29, 1.82) is 5.26 Å². The van der Waals surface area contributed by atoms with Crippen molar-refractivity contribution >= 4 is 23.6 Å². The van der Waals surface area contributed by atoms with Crippen molar-refractivity contribution in [1.82, 2.24) is 0 Å². The summed E-state index contributed by atoms with van der Waals surface area (Å²) in [4.78, 5) is 12.3. The van der Waals surface area contributed by atoms with E-state index < -0.39 is 11.9 Å². The van der Waals surface area contributed by atoms with E-state index in [0.29, 0.717) is 34.5 Å². The lowest BCUT2D eigenvalue weighted by atomic mass is 9.83. The number of allylic oxidation sites excluding steroid dienone is 1. The molecule has 6 nitrogen and oxygen atoms in total. The number of hydrogen-bond donors (Lipinski definition) is 1. The Bertz CT molecular complexity index is 1340. The van der Waals surface area contributed by atoms with E-state index in [1.807, 2.05) is 31.2 Å². The van der Waals surface area contributed by atoms with Gasteiger partial charge in [-0.05, 0) is 54.0 Å². The normalized spacial score (nSPS) is 14.7. The van der Waals surface area contributed by atoms with E-state index in [1.54, 1.807) is 48.5 Å². The van der Waals surface area contributed by atoms with Gasteiger partial charge in [0.25, 0.3) is 0 Å². The highest BCUT2D eigenvalue weighted by atomic mass is 35.5. The zero-order valence-corrected chi connectivity index (χ0v) is 19.8. The number of halogens is 1. The van der Waals surface area contributed by atoms with E-state index in [0.717, 1.165) is 23.1 Å². The average molecular weight is 487 g/mol. The van der Waals surface area contributed by atoms with Crippen molar-refractivity contribution < 1.29 is 19.0 Å². The first kappa shape index (κ1) is 23.9. The van der Waals surface area contributed by atoms with Crippen molar-refractivity contribution in [3.63, 3.8) is 0 Å². The molecule has 7 heteroatoms. The van der Waals surface area contributed by atoms with Crippen LogP contribution in [0.15, 0.2) is 84.3 Å². The van der Waals surface area contributed by atoms with Crippen molar-refractivity contribution in [2.24, 2.45) is 5.73 Å². The van der Waals surface area contributed by atoms with Crippen LogP contribution in [-0.4, -0.2) is 12.6 Å². The molecule has 0 spiro atoms. The Balaban J connectivity index is 1.59. The minimum Gasteiger partial charge on any atom is -0.494 e. The predicted molar refractivity (Wildman–Crippen MR) is 134 cm³/mol. The maximum atomic E-state index is 12.3. The first-order valence-electron chi connectivity index (χ1n) is 11.1. The maximum Gasteiger partial charge on any atom is 0.336 e. The van der Waals surface area contributed by atoms with Crippen LogP contribution in [0.3, 0.4) is 0 Å². The first-order valence-corrected chi connectivity index (χ1v) is 11.5. The molecule has 1 heterocycles. The molecule has 1 atom stereocenters. The number of hydrogen-bond acceptors (Lipinski definition) is 6. The van der Waals surface area contributed by atoms with Crippen molar-refractivity contribution in [3.8, 4) is 23.3 Å². The maximum absolute atomic E-state index is 12.3. The predicted octanol–water partition coefficient (Wildman–Crippen LogP) is 5.97. The van der Waals surface area contributed by atoms with Gasteiger partial charge >= 0.3 is 5.97 Å². The summed E-state index contributed by atoms with van der Waals surface area (Å²) < 4.78 is 16.9. The van der Waals surface area contributed by atoms with Crippen LogP contribution in [0.25, 0.3) is 6.08 Å². The van der Waals surface area contributed by atoms with Gasteiger partial charge in [-0.15, -0.1) is 0 Å². The van der Waals surface area contributed by atoms with Crippen LogP contribution in [0.1, 0.15) is 36.0 Å². The molecule has 1 aliphatic rings. The highest BCUT2D eigenvalue weighted by molar-refractivity contribution is 6.30. The van der Waals surface area contributed by atoms with Crippen molar-refractivity contribution in [3.05, 3.63) is 106 Å². The van der Waals surface area contributed by atoms with Crippen LogP contribution in [0.5, 0.6) is 17.2 Å². The zero-order valence-electron chi connectivity index (χ0n) is 19.0. The Hall–Kier alpha value is -4.21. The monoisotopic (exact) mass is 486 g/mol. The Labute approximate surface area is 208 Å². The number of esters is 1. The molecular weight excluding hydrogens is 464 g/mol. The van der Waals surface area contributed by atoms with E-state index in [2.05, 4.69) is 6.07 Å². The Morgan fingerprint density at radius 1 is 1.14 bits per heavy atom. The molecule has 0 amide bonds. The third kappa shape index (κ3) is 5.65. The van der Waals surface area contributed by atoms with Gasteiger partial charge in [-0.1, -0.05) is 48.9 Å². The van der Waals surface area contributed by atoms with Crippen LogP contribution in [-0.2, 0) is 4.79 Å². The third-order valence-corrected chi connectivity index (χ3v) is 5.61. The lowest BCUT2D eigenvalue weighted by Gasteiger charge is -2.27. The molecule has 3 aromatic rings. The van der Waals surface area contributed by atoms with Gasteiger partial charge in [0.2, 0.25) is 5.88 Å². The Morgan fingerprint density at radius 2 is 1.94 bits per heavy atom. The summed E-state index contributed by atoms with van der Waals surface area (Å²) in [5.74, 6) is 0.444. The van der Waals surface area contributed by atoms with Crippen LogP contribution >= 0.6 is 11.6 Å². The molecule has 1 aliphatic heterocycles. The SMILES string of the molecule is CCCOc1cccc(C2C(C#N)=C(N)Oc3cc(OC(=O)/C=C/c4ccc(Cl)cc4)ccc32)c1. The number of carbonyl (C=O) groups excluding carboxylic acids is 1.